The topological polar surface area (TPSA) is 171 Å². The molecule has 2 aliphatic rings. The van der Waals surface area contributed by atoms with Crippen molar-refractivity contribution in [2.24, 2.45) is 29.6 Å². The van der Waals surface area contributed by atoms with Crippen molar-refractivity contribution in [3.05, 3.63) is 35.9 Å². The molecular formula is C40H61N5O7. The summed E-state index contributed by atoms with van der Waals surface area (Å²) in [6.07, 6.45) is 4.89. The summed E-state index contributed by atoms with van der Waals surface area (Å²) in [4.78, 5) is 94.7. The lowest BCUT2D eigenvalue weighted by Gasteiger charge is -2.33. The molecule has 1 aliphatic heterocycles. The number of Topliss-reactive ketones (excluding diaryl/α,β-unsaturated/α-hetero) is 2. The summed E-state index contributed by atoms with van der Waals surface area (Å²) < 4.78 is 0. The average Bonchev–Trinajstić information content (AvgIpc) is 3.72. The Bertz CT molecular complexity index is 1410. The number of hydrogen-bond donors (Lipinski definition) is 4. The first-order valence-corrected chi connectivity index (χ1v) is 19.2. The Morgan fingerprint density at radius 3 is 2.08 bits per heavy atom. The molecule has 0 bridgehead atoms. The van der Waals surface area contributed by atoms with Crippen LogP contribution in [0.3, 0.4) is 0 Å². The van der Waals surface area contributed by atoms with Crippen LogP contribution >= 0.6 is 0 Å². The van der Waals surface area contributed by atoms with Crippen LogP contribution < -0.4 is 21.3 Å². The molecule has 2 fully saturated rings. The fraction of sp³-hybridized carbons (Fsp3) is 0.675. The van der Waals surface area contributed by atoms with E-state index in [0.29, 0.717) is 32.2 Å². The molecule has 1 aromatic rings. The fourth-order valence-electron chi connectivity index (χ4n) is 7.66. The number of ketones is 2. The number of nitrogens with one attached hydrogen (secondary N) is 4. The van der Waals surface area contributed by atoms with Crippen molar-refractivity contribution in [3.63, 3.8) is 0 Å². The zero-order chi connectivity index (χ0) is 38.5. The van der Waals surface area contributed by atoms with Gasteiger partial charge in [-0.3, -0.25) is 33.6 Å². The molecule has 1 aliphatic carbocycles. The molecule has 2 unspecified atom stereocenters. The van der Waals surface area contributed by atoms with E-state index in [1.54, 1.807) is 18.9 Å². The maximum Gasteiger partial charge on any atom is 0.290 e. The molecule has 1 heterocycles. The number of fused-ring (bicyclic) bond motifs is 1. The number of hydrogen-bond acceptors (Lipinski definition) is 7. The molecular weight excluding hydrogens is 662 g/mol. The van der Waals surface area contributed by atoms with Crippen LogP contribution in [0.5, 0.6) is 0 Å². The maximum atomic E-state index is 14.4. The summed E-state index contributed by atoms with van der Waals surface area (Å²) in [5, 5.41) is 11.0. The molecule has 4 N–H and O–H groups in total. The molecule has 12 heteroatoms. The van der Waals surface area contributed by atoms with Gasteiger partial charge in [0, 0.05) is 38.8 Å². The van der Waals surface area contributed by atoms with E-state index in [2.05, 4.69) is 21.3 Å². The lowest BCUT2D eigenvalue weighted by molar-refractivity contribution is -0.146. The Morgan fingerprint density at radius 1 is 0.827 bits per heavy atom. The molecule has 1 aromatic carbocycles. The predicted molar refractivity (Wildman–Crippen MR) is 198 cm³/mol. The van der Waals surface area contributed by atoms with Gasteiger partial charge in [0.15, 0.2) is 5.78 Å². The van der Waals surface area contributed by atoms with Crippen LogP contribution in [0.15, 0.2) is 30.3 Å². The maximum absolute atomic E-state index is 14.4. The lowest BCUT2D eigenvalue weighted by Crippen LogP contribution is -2.56. The van der Waals surface area contributed by atoms with Crippen molar-refractivity contribution >= 4 is 41.1 Å². The predicted octanol–water partition coefficient (Wildman–Crippen LogP) is 4.02. The van der Waals surface area contributed by atoms with Gasteiger partial charge >= 0.3 is 0 Å². The van der Waals surface area contributed by atoms with E-state index >= 15 is 0 Å². The summed E-state index contributed by atoms with van der Waals surface area (Å²) in [6.45, 7) is 11.5. The van der Waals surface area contributed by atoms with E-state index in [4.69, 9.17) is 0 Å². The van der Waals surface area contributed by atoms with Gasteiger partial charge in [-0.25, -0.2) is 0 Å². The van der Waals surface area contributed by atoms with Crippen LogP contribution in [0.4, 0.5) is 0 Å². The average molecular weight is 724 g/mol. The van der Waals surface area contributed by atoms with Crippen LogP contribution in [-0.2, 0) is 33.6 Å². The fourth-order valence-corrected chi connectivity index (χ4v) is 7.66. The summed E-state index contributed by atoms with van der Waals surface area (Å²) in [5.41, 5.74) is 0.849. The molecule has 12 nitrogen and oxygen atoms in total. The second-order valence-electron chi connectivity index (χ2n) is 15.3. The van der Waals surface area contributed by atoms with Crippen LogP contribution in [0, 0.1) is 29.6 Å². The molecule has 288 valence electrons. The van der Waals surface area contributed by atoms with Gasteiger partial charge in [0.25, 0.3) is 5.91 Å². The Hall–Kier alpha value is -4.09. The largest absolute Gasteiger partial charge is 0.359 e. The minimum absolute atomic E-state index is 0.0807. The third-order valence-corrected chi connectivity index (χ3v) is 10.7. The summed E-state index contributed by atoms with van der Waals surface area (Å²) >= 11 is 0. The molecule has 3 rings (SSSR count). The highest BCUT2D eigenvalue weighted by atomic mass is 16.2. The van der Waals surface area contributed by atoms with Crippen LogP contribution in [-0.4, -0.2) is 77.7 Å². The highest BCUT2D eigenvalue weighted by Gasteiger charge is 2.51. The van der Waals surface area contributed by atoms with Crippen molar-refractivity contribution < 1.29 is 33.6 Å². The number of nitrogens with zero attached hydrogens (tertiary/aromatic N) is 1. The molecule has 52 heavy (non-hydrogen) atoms. The number of benzene rings is 1. The van der Waals surface area contributed by atoms with E-state index in [-0.39, 0.29) is 66.4 Å². The van der Waals surface area contributed by atoms with Crippen LogP contribution in [0.25, 0.3) is 0 Å². The second kappa shape index (κ2) is 20.2. The summed E-state index contributed by atoms with van der Waals surface area (Å²) in [6, 6.07) is 6.26. The number of amides is 5. The smallest absolute Gasteiger partial charge is 0.290 e. The van der Waals surface area contributed by atoms with E-state index in [1.807, 2.05) is 65.0 Å². The number of likely N-dealkylation sites (tertiary alicyclic amines) is 1. The van der Waals surface area contributed by atoms with E-state index in [0.717, 1.165) is 24.8 Å². The van der Waals surface area contributed by atoms with Crippen LogP contribution in [0.2, 0.25) is 0 Å². The lowest BCUT2D eigenvalue weighted by atomic mass is 9.85. The van der Waals surface area contributed by atoms with E-state index in [1.165, 1.54) is 0 Å². The van der Waals surface area contributed by atoms with Gasteiger partial charge in [0.1, 0.15) is 6.04 Å². The van der Waals surface area contributed by atoms with Gasteiger partial charge in [-0.1, -0.05) is 77.8 Å². The number of rotatable bonds is 20. The van der Waals surface area contributed by atoms with Gasteiger partial charge in [0.2, 0.25) is 29.4 Å². The van der Waals surface area contributed by atoms with Gasteiger partial charge in [-0.2, -0.15) is 0 Å². The van der Waals surface area contributed by atoms with Crippen molar-refractivity contribution in [1.29, 1.82) is 0 Å². The quantitative estimate of drug-likeness (QED) is 0.116. The molecule has 1 saturated heterocycles. The molecule has 0 radical (unpaired) electrons. The van der Waals surface area contributed by atoms with Gasteiger partial charge in [-0.05, 0) is 68.3 Å². The molecule has 0 aromatic heterocycles. The third-order valence-electron chi connectivity index (χ3n) is 10.7. The van der Waals surface area contributed by atoms with E-state index in [9.17, 15) is 33.6 Å². The van der Waals surface area contributed by atoms with Crippen molar-refractivity contribution in [2.75, 3.05) is 13.6 Å². The first kappa shape index (κ1) is 42.3. The Kier molecular flexibility index (Phi) is 16.5. The van der Waals surface area contributed by atoms with Crippen molar-refractivity contribution in [1.82, 2.24) is 26.2 Å². The second-order valence-corrected chi connectivity index (χ2v) is 15.3. The number of unbranched alkanes of at least 4 members (excludes halogenated alkanes) is 1. The minimum Gasteiger partial charge on any atom is -0.359 e. The summed E-state index contributed by atoms with van der Waals surface area (Å²) in [5.74, 6) is -3.95. The van der Waals surface area contributed by atoms with Gasteiger partial charge < -0.3 is 26.2 Å². The molecule has 7 atom stereocenters. The highest BCUT2D eigenvalue weighted by molar-refractivity contribution is 6.38. The molecule has 1 saturated carbocycles. The Balaban J connectivity index is 1.73. The van der Waals surface area contributed by atoms with Gasteiger partial charge in [-0.15, -0.1) is 0 Å². The zero-order valence-electron chi connectivity index (χ0n) is 32.2. The monoisotopic (exact) mass is 723 g/mol. The zero-order valence-corrected chi connectivity index (χ0v) is 32.2. The SMILES string of the molecule is CCCC(NC(=O)C1[C@H]2CCC[C@H]2CN1C(=O)[C@@H](CC(=O)[C@@H](NC(=O)CCCCC(=O)NC)C(C)C)C(C)C)C(=O)C(=O)N[C@@H](C)c1ccccc1. The molecule has 5 amide bonds. The van der Waals surface area contributed by atoms with E-state index < -0.39 is 47.7 Å². The first-order chi connectivity index (χ1) is 24.7. The van der Waals surface area contributed by atoms with Crippen molar-refractivity contribution in [2.45, 2.75) is 130 Å². The standard InChI is InChI=1S/C40H61N5O7/c1-8-15-31(37(49)39(51)42-26(6)27-16-10-9-11-17-27)43-38(50)36-29-19-14-18-28(29)23-45(36)40(52)30(24(2)3)22-32(46)35(25(4)5)44-34(48)21-13-12-20-33(47)41-7/h9-11,16-17,24-26,28-31,35-36H,8,12-15,18-23H2,1-7H3,(H,41,47)(H,42,51)(H,43,50)(H,44,48)/t26-,28-,29-,30-,31?,35-,36?/m0/s1. The molecule has 0 spiro atoms. The Morgan fingerprint density at radius 2 is 1.48 bits per heavy atom. The third kappa shape index (κ3) is 11.5. The minimum atomic E-state index is -1.04. The highest BCUT2D eigenvalue weighted by Crippen LogP contribution is 2.43. The number of carbonyl (C=O) groups excluding carboxylic acids is 7. The Labute approximate surface area is 309 Å². The van der Waals surface area contributed by atoms with Crippen molar-refractivity contribution in [3.8, 4) is 0 Å². The van der Waals surface area contributed by atoms with Crippen LogP contribution in [0.1, 0.15) is 117 Å². The van der Waals surface area contributed by atoms with Gasteiger partial charge in [0.05, 0.1) is 18.1 Å². The normalized spacial score (nSPS) is 20.4. The first-order valence-electron chi connectivity index (χ1n) is 19.2. The summed E-state index contributed by atoms with van der Waals surface area (Å²) in [7, 11) is 1.57. The number of carbonyl (C=O) groups is 7.